The molecule has 3 heteroatoms. The lowest BCUT2D eigenvalue weighted by molar-refractivity contribution is 0.206. The molecule has 1 aromatic heterocycles. The first-order valence-corrected chi connectivity index (χ1v) is 6.55. The molecule has 0 bridgehead atoms. The van der Waals surface area contributed by atoms with E-state index in [2.05, 4.69) is 17.2 Å². The quantitative estimate of drug-likeness (QED) is 0.868. The molecule has 1 aliphatic rings. The highest BCUT2D eigenvalue weighted by Crippen LogP contribution is 2.31. The van der Waals surface area contributed by atoms with Gasteiger partial charge in [0.05, 0.1) is 11.2 Å². The van der Waals surface area contributed by atoms with Gasteiger partial charge in [-0.15, -0.1) is 0 Å². The van der Waals surface area contributed by atoms with Gasteiger partial charge < -0.3 is 11.1 Å². The average Bonchev–Trinajstić information content (AvgIpc) is 2.34. The summed E-state index contributed by atoms with van der Waals surface area (Å²) in [6.07, 6.45) is 3.85. The number of hydrogen-bond acceptors (Lipinski definition) is 3. The summed E-state index contributed by atoms with van der Waals surface area (Å²) in [7, 11) is 0. The molecule has 1 aliphatic carbocycles. The van der Waals surface area contributed by atoms with Gasteiger partial charge in [0.25, 0.3) is 0 Å². The molecule has 1 saturated carbocycles. The smallest absolute Gasteiger partial charge is 0.0726 e. The molecule has 0 radical (unpaired) electrons. The van der Waals surface area contributed by atoms with Gasteiger partial charge in [0, 0.05) is 23.2 Å². The largest absolute Gasteiger partial charge is 0.398 e. The van der Waals surface area contributed by atoms with E-state index >= 15 is 0 Å². The van der Waals surface area contributed by atoms with Crippen LogP contribution in [0.25, 0.3) is 10.9 Å². The molecule has 0 unspecified atom stereocenters. The van der Waals surface area contributed by atoms with Crippen molar-refractivity contribution in [1.82, 2.24) is 10.3 Å². The third kappa shape index (κ3) is 2.06. The minimum absolute atomic E-state index is 0.308. The molecule has 0 saturated heterocycles. The van der Waals surface area contributed by atoms with Crippen LogP contribution in [-0.4, -0.2) is 10.5 Å². The Morgan fingerprint density at radius 2 is 2.11 bits per heavy atom. The lowest BCUT2D eigenvalue weighted by Gasteiger charge is -2.39. The number of nitrogens with zero attached hydrogens (tertiary/aromatic N) is 1. The van der Waals surface area contributed by atoms with E-state index in [1.54, 1.807) is 0 Å². The van der Waals surface area contributed by atoms with Crippen molar-refractivity contribution in [2.75, 3.05) is 5.73 Å². The van der Waals surface area contributed by atoms with Gasteiger partial charge in [-0.25, -0.2) is 0 Å². The molecular weight excluding hydrogens is 222 g/mol. The van der Waals surface area contributed by atoms with Crippen molar-refractivity contribution in [3.05, 3.63) is 36.0 Å². The zero-order valence-electron chi connectivity index (χ0n) is 10.7. The minimum atomic E-state index is 0.308. The minimum Gasteiger partial charge on any atom is -0.398 e. The van der Waals surface area contributed by atoms with Crippen molar-refractivity contribution in [3.63, 3.8) is 0 Å². The fourth-order valence-electron chi connectivity index (χ4n) is 2.54. The Bertz CT molecular complexity index is 573. The molecule has 0 amide bonds. The standard InChI is InChI=1S/C15H19N3/c1-15(7-4-8-15)17-10-11-9-13(16)12-5-2-3-6-14(12)18-11/h2-3,5-6,9,17H,4,7-8,10H2,1H3,(H2,16,18). The van der Waals surface area contributed by atoms with E-state index in [4.69, 9.17) is 5.73 Å². The highest BCUT2D eigenvalue weighted by Gasteiger charge is 2.30. The van der Waals surface area contributed by atoms with E-state index in [-0.39, 0.29) is 0 Å². The highest BCUT2D eigenvalue weighted by molar-refractivity contribution is 5.90. The Balaban J connectivity index is 1.84. The van der Waals surface area contributed by atoms with Gasteiger partial charge in [-0.2, -0.15) is 0 Å². The third-order valence-electron chi connectivity index (χ3n) is 3.95. The van der Waals surface area contributed by atoms with Crippen LogP contribution >= 0.6 is 0 Å². The van der Waals surface area contributed by atoms with Crippen molar-refractivity contribution in [3.8, 4) is 0 Å². The summed E-state index contributed by atoms with van der Waals surface area (Å²) in [5, 5.41) is 4.62. The first-order valence-electron chi connectivity index (χ1n) is 6.55. The third-order valence-corrected chi connectivity index (χ3v) is 3.95. The van der Waals surface area contributed by atoms with Gasteiger partial charge in [-0.05, 0) is 38.3 Å². The van der Waals surface area contributed by atoms with E-state index < -0.39 is 0 Å². The zero-order valence-corrected chi connectivity index (χ0v) is 10.7. The monoisotopic (exact) mass is 241 g/mol. The molecule has 3 nitrogen and oxygen atoms in total. The number of rotatable bonds is 3. The second-order valence-electron chi connectivity index (χ2n) is 5.49. The molecule has 0 aliphatic heterocycles. The summed E-state index contributed by atoms with van der Waals surface area (Å²) in [6, 6.07) is 10.0. The maximum absolute atomic E-state index is 6.08. The Morgan fingerprint density at radius 1 is 1.33 bits per heavy atom. The topological polar surface area (TPSA) is 50.9 Å². The second kappa shape index (κ2) is 4.25. The maximum Gasteiger partial charge on any atom is 0.0726 e. The van der Waals surface area contributed by atoms with E-state index in [0.717, 1.165) is 28.8 Å². The second-order valence-corrected chi connectivity index (χ2v) is 5.49. The normalized spacial score (nSPS) is 17.6. The van der Waals surface area contributed by atoms with Gasteiger partial charge in [-0.3, -0.25) is 4.98 Å². The van der Waals surface area contributed by atoms with E-state index in [1.165, 1.54) is 19.3 Å². The van der Waals surface area contributed by atoms with Gasteiger partial charge in [-0.1, -0.05) is 18.2 Å². The number of pyridine rings is 1. The van der Waals surface area contributed by atoms with Gasteiger partial charge in [0.15, 0.2) is 0 Å². The summed E-state index contributed by atoms with van der Waals surface area (Å²) >= 11 is 0. The van der Waals surface area contributed by atoms with Crippen LogP contribution in [0.3, 0.4) is 0 Å². The lowest BCUT2D eigenvalue weighted by Crippen LogP contribution is -2.47. The van der Waals surface area contributed by atoms with Crippen molar-refractivity contribution in [2.24, 2.45) is 0 Å². The molecule has 0 spiro atoms. The van der Waals surface area contributed by atoms with E-state index in [9.17, 15) is 0 Å². The van der Waals surface area contributed by atoms with Crippen LogP contribution in [0.5, 0.6) is 0 Å². The van der Waals surface area contributed by atoms with E-state index in [0.29, 0.717) is 5.54 Å². The van der Waals surface area contributed by atoms with Crippen LogP contribution in [0, 0.1) is 0 Å². The van der Waals surface area contributed by atoms with Gasteiger partial charge in [0.1, 0.15) is 0 Å². The SMILES string of the molecule is CC1(NCc2cc(N)c3ccccc3n2)CCC1. The number of aromatic nitrogens is 1. The average molecular weight is 241 g/mol. The molecule has 1 heterocycles. The Labute approximate surface area is 107 Å². The summed E-state index contributed by atoms with van der Waals surface area (Å²) in [4.78, 5) is 4.66. The molecule has 0 atom stereocenters. The zero-order chi connectivity index (χ0) is 12.6. The summed E-state index contributed by atoms with van der Waals surface area (Å²) in [6.45, 7) is 3.08. The van der Waals surface area contributed by atoms with Crippen LogP contribution in [0.1, 0.15) is 31.9 Å². The molecule has 3 rings (SSSR count). The Hall–Kier alpha value is -1.61. The van der Waals surface area contributed by atoms with Crippen molar-refractivity contribution >= 4 is 16.6 Å². The predicted octanol–water partition coefficient (Wildman–Crippen LogP) is 2.85. The maximum atomic E-state index is 6.08. The number of benzene rings is 1. The number of fused-ring (bicyclic) bond motifs is 1. The van der Waals surface area contributed by atoms with Crippen LogP contribution in [0.4, 0.5) is 5.69 Å². The lowest BCUT2D eigenvalue weighted by atomic mass is 9.78. The molecule has 3 N–H and O–H groups in total. The van der Waals surface area contributed by atoms with Gasteiger partial charge in [0.2, 0.25) is 0 Å². The Kier molecular flexibility index (Phi) is 2.71. The molecule has 1 fully saturated rings. The Morgan fingerprint density at radius 3 is 2.83 bits per heavy atom. The number of nitrogens with two attached hydrogens (primary N) is 1. The fourth-order valence-corrected chi connectivity index (χ4v) is 2.54. The first-order chi connectivity index (χ1) is 8.66. The van der Waals surface area contributed by atoms with Crippen LogP contribution < -0.4 is 11.1 Å². The van der Waals surface area contributed by atoms with Crippen molar-refractivity contribution < 1.29 is 0 Å². The molecule has 18 heavy (non-hydrogen) atoms. The number of anilines is 1. The number of hydrogen-bond donors (Lipinski definition) is 2. The number of nitrogens with one attached hydrogen (secondary N) is 1. The summed E-state index contributed by atoms with van der Waals surface area (Å²) in [5.41, 5.74) is 9.21. The van der Waals surface area contributed by atoms with Crippen molar-refractivity contribution in [1.29, 1.82) is 0 Å². The highest BCUT2D eigenvalue weighted by atomic mass is 15.0. The van der Waals surface area contributed by atoms with Crippen LogP contribution in [-0.2, 0) is 6.54 Å². The van der Waals surface area contributed by atoms with Gasteiger partial charge >= 0.3 is 0 Å². The van der Waals surface area contributed by atoms with Crippen molar-refractivity contribution in [2.45, 2.75) is 38.3 Å². The molecule has 1 aromatic carbocycles. The predicted molar refractivity (Wildman–Crippen MR) is 75.3 cm³/mol. The summed E-state index contributed by atoms with van der Waals surface area (Å²) in [5.74, 6) is 0. The van der Waals surface area contributed by atoms with E-state index in [1.807, 2.05) is 30.3 Å². The number of para-hydroxylation sites is 1. The molecule has 94 valence electrons. The molecule has 2 aromatic rings. The summed E-state index contributed by atoms with van der Waals surface area (Å²) < 4.78 is 0. The van der Waals surface area contributed by atoms with Crippen LogP contribution in [0.2, 0.25) is 0 Å². The number of nitrogen functional groups attached to an aromatic ring is 1. The molecular formula is C15H19N3. The van der Waals surface area contributed by atoms with Crippen LogP contribution in [0.15, 0.2) is 30.3 Å². The fraction of sp³-hybridized carbons (Fsp3) is 0.400. The first kappa shape index (κ1) is 11.5.